The highest BCUT2D eigenvalue weighted by Gasteiger charge is 2.36. The molecule has 3 heterocycles. The van der Waals surface area contributed by atoms with Crippen molar-refractivity contribution < 1.29 is 17.6 Å². The number of piperidine rings is 1. The molecular formula is C19H28F3IN6O. The van der Waals surface area contributed by atoms with E-state index in [1.54, 1.807) is 13.3 Å². The fourth-order valence-electron chi connectivity index (χ4n) is 3.62. The second-order valence-electron chi connectivity index (χ2n) is 7.11. The minimum Gasteiger partial charge on any atom is -0.468 e. The van der Waals surface area contributed by atoms with Gasteiger partial charge in [0.1, 0.15) is 5.76 Å². The second-order valence-corrected chi connectivity index (χ2v) is 7.11. The van der Waals surface area contributed by atoms with Crippen LogP contribution in [0.15, 0.2) is 34.0 Å². The highest BCUT2D eigenvalue weighted by Crippen LogP contribution is 2.30. The number of nitrogens with one attached hydrogen (secondary N) is 2. The van der Waals surface area contributed by atoms with Crippen LogP contribution < -0.4 is 10.6 Å². The summed E-state index contributed by atoms with van der Waals surface area (Å²) in [4.78, 5) is 6.50. The molecule has 0 aliphatic carbocycles. The van der Waals surface area contributed by atoms with E-state index in [1.165, 1.54) is 24.3 Å². The second kappa shape index (κ2) is 11.0. The fourth-order valence-corrected chi connectivity index (χ4v) is 3.62. The summed E-state index contributed by atoms with van der Waals surface area (Å²) in [5.41, 5.74) is -0.814. The summed E-state index contributed by atoms with van der Waals surface area (Å²) < 4.78 is 46.1. The molecule has 2 N–H and O–H groups in total. The molecule has 0 bridgehead atoms. The maximum atomic E-state index is 13.1. The van der Waals surface area contributed by atoms with Crippen molar-refractivity contribution in [1.82, 2.24) is 25.3 Å². The van der Waals surface area contributed by atoms with Gasteiger partial charge in [0.15, 0.2) is 11.7 Å². The molecule has 1 aliphatic heterocycles. The molecule has 11 heteroatoms. The van der Waals surface area contributed by atoms with Crippen LogP contribution in [0.25, 0.3) is 0 Å². The van der Waals surface area contributed by atoms with E-state index in [-0.39, 0.29) is 42.1 Å². The smallest absolute Gasteiger partial charge is 0.435 e. The van der Waals surface area contributed by atoms with Crippen LogP contribution in [0.4, 0.5) is 13.2 Å². The highest BCUT2D eigenvalue weighted by molar-refractivity contribution is 14.0. The molecule has 7 nitrogen and oxygen atoms in total. The number of aryl methyl sites for hydroxylation is 1. The van der Waals surface area contributed by atoms with Gasteiger partial charge in [-0.3, -0.25) is 14.6 Å². The first-order valence-electron chi connectivity index (χ1n) is 9.70. The van der Waals surface area contributed by atoms with Gasteiger partial charge >= 0.3 is 6.18 Å². The molecule has 1 atom stereocenters. The summed E-state index contributed by atoms with van der Waals surface area (Å²) in [6.45, 7) is 2.48. The zero-order valence-corrected chi connectivity index (χ0v) is 19.4. The molecule has 1 saturated heterocycles. The third-order valence-electron chi connectivity index (χ3n) is 5.01. The summed E-state index contributed by atoms with van der Waals surface area (Å²) in [5, 5.41) is 9.70. The largest absolute Gasteiger partial charge is 0.468 e. The lowest BCUT2D eigenvalue weighted by molar-refractivity contribution is -0.142. The number of guanidine groups is 1. The van der Waals surface area contributed by atoms with Gasteiger partial charge in [-0.2, -0.15) is 18.3 Å². The number of halogens is 4. The lowest BCUT2D eigenvalue weighted by atomic mass is 10.1. The van der Waals surface area contributed by atoms with Crippen molar-refractivity contribution in [1.29, 1.82) is 0 Å². The van der Waals surface area contributed by atoms with Gasteiger partial charge in [-0.25, -0.2) is 0 Å². The summed E-state index contributed by atoms with van der Waals surface area (Å²) in [7, 11) is 3.06. The van der Waals surface area contributed by atoms with E-state index in [2.05, 4.69) is 25.6 Å². The first-order valence-corrected chi connectivity index (χ1v) is 9.70. The van der Waals surface area contributed by atoms with Gasteiger partial charge in [-0.15, -0.1) is 24.0 Å². The fraction of sp³-hybridized carbons (Fsp3) is 0.579. The summed E-state index contributed by atoms with van der Waals surface area (Å²) >= 11 is 0. The molecule has 0 spiro atoms. The zero-order valence-electron chi connectivity index (χ0n) is 17.1. The van der Waals surface area contributed by atoms with Gasteiger partial charge in [0.2, 0.25) is 0 Å². The Morgan fingerprint density at radius 3 is 2.60 bits per heavy atom. The lowest BCUT2D eigenvalue weighted by Crippen LogP contribution is -2.44. The Morgan fingerprint density at radius 2 is 2.00 bits per heavy atom. The number of likely N-dealkylation sites (tertiary alicyclic amines) is 1. The van der Waals surface area contributed by atoms with Gasteiger partial charge in [-0.05, 0) is 38.1 Å². The van der Waals surface area contributed by atoms with E-state index in [9.17, 15) is 13.2 Å². The lowest BCUT2D eigenvalue weighted by Gasteiger charge is -2.33. The number of furan rings is 1. The van der Waals surface area contributed by atoms with Gasteiger partial charge in [0.25, 0.3) is 0 Å². The maximum Gasteiger partial charge on any atom is 0.435 e. The van der Waals surface area contributed by atoms with Gasteiger partial charge < -0.3 is 15.1 Å². The van der Waals surface area contributed by atoms with Crippen LogP contribution in [0, 0.1) is 0 Å². The van der Waals surface area contributed by atoms with Crippen LogP contribution in [0.2, 0.25) is 0 Å². The summed E-state index contributed by atoms with van der Waals surface area (Å²) in [6.07, 6.45) is 2.04. The van der Waals surface area contributed by atoms with Crippen LogP contribution in [0.3, 0.4) is 0 Å². The number of hydrogen-bond acceptors (Lipinski definition) is 4. The number of aliphatic imine (C=N–C) groups is 1. The molecule has 0 aromatic carbocycles. The first-order chi connectivity index (χ1) is 13.9. The Balaban J connectivity index is 0.00000320. The average molecular weight is 540 g/mol. The number of alkyl halides is 3. The predicted molar refractivity (Wildman–Crippen MR) is 119 cm³/mol. The Bertz CT molecular complexity index is 800. The van der Waals surface area contributed by atoms with E-state index >= 15 is 0 Å². The standard InChI is InChI=1S/C19H27F3N6O.HI/c1-23-18(24-11-14-13-27(2)26-17(14)19(20,21)22)25-12-15(16-7-6-10-29-16)28-8-4-3-5-9-28;/h6-7,10,13,15H,3-5,8-9,11-12H2,1-2H3,(H2,23,24,25);1H. The monoisotopic (exact) mass is 540 g/mol. The van der Waals surface area contributed by atoms with Crippen molar-refractivity contribution >= 4 is 29.9 Å². The number of nitrogens with zero attached hydrogens (tertiary/aromatic N) is 4. The minimum absolute atomic E-state index is 0. The molecule has 2 aromatic rings. The van der Waals surface area contributed by atoms with Gasteiger partial charge in [0.05, 0.1) is 12.3 Å². The predicted octanol–water partition coefficient (Wildman–Crippen LogP) is 3.54. The quantitative estimate of drug-likeness (QED) is 0.334. The Labute approximate surface area is 191 Å². The molecule has 0 radical (unpaired) electrons. The SMILES string of the molecule is CN=C(NCc1cn(C)nc1C(F)(F)F)NCC(c1ccco1)N1CCCCC1.I. The van der Waals surface area contributed by atoms with Crippen LogP contribution in [0.5, 0.6) is 0 Å². The molecule has 0 amide bonds. The summed E-state index contributed by atoms with van der Waals surface area (Å²) in [5.74, 6) is 1.29. The van der Waals surface area contributed by atoms with Gasteiger partial charge in [0, 0.05) is 38.9 Å². The van der Waals surface area contributed by atoms with E-state index in [1.807, 2.05) is 12.1 Å². The molecule has 2 aromatic heterocycles. The van der Waals surface area contributed by atoms with E-state index < -0.39 is 11.9 Å². The molecule has 3 rings (SSSR count). The van der Waals surface area contributed by atoms with Crippen molar-refractivity contribution in [2.24, 2.45) is 12.0 Å². The van der Waals surface area contributed by atoms with Crippen LogP contribution in [0.1, 0.15) is 42.3 Å². The highest BCUT2D eigenvalue weighted by atomic mass is 127. The Morgan fingerprint density at radius 1 is 1.27 bits per heavy atom. The van der Waals surface area contributed by atoms with E-state index in [4.69, 9.17) is 4.42 Å². The third kappa shape index (κ3) is 6.37. The number of rotatable bonds is 6. The minimum atomic E-state index is -4.49. The molecule has 0 saturated carbocycles. The third-order valence-corrected chi connectivity index (χ3v) is 5.01. The Kier molecular flexibility index (Phi) is 9.01. The van der Waals surface area contributed by atoms with Crippen molar-refractivity contribution in [3.8, 4) is 0 Å². The molecule has 30 heavy (non-hydrogen) atoms. The van der Waals surface area contributed by atoms with Crippen molar-refractivity contribution in [3.63, 3.8) is 0 Å². The van der Waals surface area contributed by atoms with Crippen molar-refractivity contribution in [3.05, 3.63) is 41.6 Å². The van der Waals surface area contributed by atoms with Crippen LogP contribution in [-0.4, -0.2) is 47.3 Å². The van der Waals surface area contributed by atoms with Crippen LogP contribution in [-0.2, 0) is 19.8 Å². The number of aromatic nitrogens is 2. The molecule has 1 fully saturated rings. The Hall–Kier alpha value is -1.76. The molecule has 1 unspecified atom stereocenters. The zero-order chi connectivity index (χ0) is 20.9. The van der Waals surface area contributed by atoms with Crippen LogP contribution >= 0.6 is 24.0 Å². The van der Waals surface area contributed by atoms with Gasteiger partial charge in [-0.1, -0.05) is 6.42 Å². The maximum absolute atomic E-state index is 13.1. The van der Waals surface area contributed by atoms with E-state index in [0.29, 0.717) is 12.5 Å². The summed E-state index contributed by atoms with van der Waals surface area (Å²) in [6, 6.07) is 3.84. The molecule has 168 valence electrons. The van der Waals surface area contributed by atoms with Crippen molar-refractivity contribution in [2.45, 2.75) is 38.0 Å². The topological polar surface area (TPSA) is 70.6 Å². The molecular weight excluding hydrogens is 512 g/mol. The van der Waals surface area contributed by atoms with E-state index in [0.717, 1.165) is 31.7 Å². The van der Waals surface area contributed by atoms with Crippen molar-refractivity contribution in [2.75, 3.05) is 26.7 Å². The molecule has 1 aliphatic rings. The average Bonchev–Trinajstić information content (AvgIpc) is 3.35. The number of hydrogen-bond donors (Lipinski definition) is 2. The normalized spacial score (nSPS) is 16.8. The first kappa shape index (κ1) is 24.5.